The van der Waals surface area contributed by atoms with Crippen molar-refractivity contribution in [1.82, 2.24) is 0 Å². The Hall–Kier alpha value is -4.22. The van der Waals surface area contributed by atoms with Gasteiger partial charge in [-0.3, -0.25) is 0 Å². The van der Waals surface area contributed by atoms with Crippen LogP contribution in [0.4, 0.5) is 17.1 Å². The van der Waals surface area contributed by atoms with Crippen LogP contribution in [-0.2, 0) is 0 Å². The van der Waals surface area contributed by atoms with E-state index in [1.165, 1.54) is 0 Å². The molecule has 0 amide bonds. The fourth-order valence-corrected chi connectivity index (χ4v) is 3.47. The molecule has 5 rings (SSSR count). The number of hydrogen-bond acceptors (Lipinski definition) is 2. The van der Waals surface area contributed by atoms with Crippen LogP contribution in [0.15, 0.2) is 120 Å². The van der Waals surface area contributed by atoms with Crippen molar-refractivity contribution in [2.45, 2.75) is 0 Å². The molecule has 0 spiro atoms. The van der Waals surface area contributed by atoms with E-state index in [4.69, 9.17) is 4.42 Å². The number of rotatable bonds is 3. The topological polar surface area (TPSA) is 16.4 Å². The van der Waals surface area contributed by atoms with Crippen molar-refractivity contribution in [3.8, 4) is 11.8 Å². The third-order valence-electron chi connectivity index (χ3n) is 4.91. The van der Waals surface area contributed by atoms with Crippen LogP contribution in [0.1, 0.15) is 11.3 Å². The average Bonchev–Trinajstić information content (AvgIpc) is 3.23. The number of benzene rings is 4. The lowest BCUT2D eigenvalue weighted by Gasteiger charge is -2.25. The summed E-state index contributed by atoms with van der Waals surface area (Å²) >= 11 is 0. The van der Waals surface area contributed by atoms with E-state index in [9.17, 15) is 0 Å². The predicted molar refractivity (Wildman–Crippen MR) is 123 cm³/mol. The van der Waals surface area contributed by atoms with Crippen molar-refractivity contribution < 1.29 is 4.42 Å². The Morgan fingerprint density at radius 1 is 0.533 bits per heavy atom. The molecule has 0 saturated carbocycles. The molecule has 0 bridgehead atoms. The van der Waals surface area contributed by atoms with Crippen LogP contribution in [-0.4, -0.2) is 0 Å². The molecule has 5 aromatic rings. The minimum Gasteiger partial charge on any atom is -0.448 e. The Kier molecular flexibility index (Phi) is 4.78. The normalized spacial score (nSPS) is 10.4. The van der Waals surface area contributed by atoms with Gasteiger partial charge in [0.05, 0.1) is 0 Å². The maximum atomic E-state index is 5.79. The molecule has 30 heavy (non-hydrogen) atoms. The van der Waals surface area contributed by atoms with Crippen LogP contribution in [0.3, 0.4) is 0 Å². The van der Waals surface area contributed by atoms with Crippen molar-refractivity contribution in [1.29, 1.82) is 0 Å². The second-order valence-corrected chi connectivity index (χ2v) is 6.95. The highest BCUT2D eigenvalue weighted by molar-refractivity contribution is 5.79. The molecule has 142 valence electrons. The van der Waals surface area contributed by atoms with E-state index < -0.39 is 0 Å². The molecule has 1 aromatic heterocycles. The van der Waals surface area contributed by atoms with E-state index in [1.807, 2.05) is 54.6 Å². The van der Waals surface area contributed by atoms with Gasteiger partial charge in [0.15, 0.2) is 5.76 Å². The van der Waals surface area contributed by atoms with Gasteiger partial charge in [-0.05, 0) is 60.5 Å². The zero-order chi connectivity index (χ0) is 20.2. The fourth-order valence-electron chi connectivity index (χ4n) is 3.47. The molecule has 4 aromatic carbocycles. The van der Waals surface area contributed by atoms with Crippen molar-refractivity contribution in [3.63, 3.8) is 0 Å². The lowest BCUT2D eigenvalue weighted by atomic mass is 10.1. The summed E-state index contributed by atoms with van der Waals surface area (Å²) in [6.45, 7) is 0. The number of furan rings is 1. The molecular weight excluding hydrogens is 366 g/mol. The molecule has 0 atom stereocenters. The number of anilines is 3. The van der Waals surface area contributed by atoms with Gasteiger partial charge in [0.25, 0.3) is 0 Å². The van der Waals surface area contributed by atoms with Crippen LogP contribution < -0.4 is 4.90 Å². The van der Waals surface area contributed by atoms with E-state index >= 15 is 0 Å². The monoisotopic (exact) mass is 385 g/mol. The zero-order valence-electron chi connectivity index (χ0n) is 16.3. The highest BCUT2D eigenvalue weighted by atomic mass is 16.3. The minimum absolute atomic E-state index is 0.676. The lowest BCUT2D eigenvalue weighted by Crippen LogP contribution is -2.09. The first kappa shape index (κ1) is 17.8. The first-order valence-corrected chi connectivity index (χ1v) is 9.88. The first-order chi connectivity index (χ1) is 14.9. The van der Waals surface area contributed by atoms with Gasteiger partial charge >= 0.3 is 0 Å². The van der Waals surface area contributed by atoms with Gasteiger partial charge in [-0.15, -0.1) is 0 Å². The van der Waals surface area contributed by atoms with Gasteiger partial charge in [0.1, 0.15) is 5.58 Å². The average molecular weight is 385 g/mol. The quantitative estimate of drug-likeness (QED) is 0.303. The zero-order valence-corrected chi connectivity index (χ0v) is 16.3. The molecule has 0 unspecified atom stereocenters. The lowest BCUT2D eigenvalue weighted by molar-refractivity contribution is 0.601. The number of nitrogens with zero attached hydrogens (tertiary/aromatic N) is 1. The maximum Gasteiger partial charge on any atom is 0.178 e. The molecule has 0 aliphatic heterocycles. The second-order valence-electron chi connectivity index (χ2n) is 6.95. The highest BCUT2D eigenvalue weighted by Crippen LogP contribution is 2.33. The summed E-state index contributed by atoms with van der Waals surface area (Å²) in [4.78, 5) is 2.23. The SMILES string of the molecule is C(#Cc1cc2ccccc2o1)c1ccc(N(c2ccccc2)c2ccccc2)cc1. The van der Waals surface area contributed by atoms with Crippen LogP contribution in [0.2, 0.25) is 0 Å². The van der Waals surface area contributed by atoms with Crippen molar-refractivity contribution >= 4 is 28.0 Å². The van der Waals surface area contributed by atoms with E-state index in [0.717, 1.165) is 33.6 Å². The number of hydrogen-bond donors (Lipinski definition) is 0. The molecule has 2 heteroatoms. The Morgan fingerprint density at radius 2 is 1.10 bits per heavy atom. The fraction of sp³-hybridized carbons (Fsp3) is 0. The maximum absolute atomic E-state index is 5.79. The van der Waals surface area contributed by atoms with E-state index in [-0.39, 0.29) is 0 Å². The number of fused-ring (bicyclic) bond motifs is 1. The summed E-state index contributed by atoms with van der Waals surface area (Å²) in [6, 6.07) is 38.9. The van der Waals surface area contributed by atoms with Gasteiger partial charge in [-0.1, -0.05) is 60.5 Å². The Labute approximate surface area is 176 Å². The van der Waals surface area contributed by atoms with Crippen molar-refractivity contribution in [3.05, 3.63) is 127 Å². The summed E-state index contributed by atoms with van der Waals surface area (Å²) in [6.07, 6.45) is 0. The second kappa shape index (κ2) is 8.03. The molecule has 0 aliphatic rings. The Bertz CT molecular complexity index is 1250. The summed E-state index contributed by atoms with van der Waals surface area (Å²) in [5.74, 6) is 7.01. The van der Waals surface area contributed by atoms with Crippen LogP contribution in [0.25, 0.3) is 11.0 Å². The third-order valence-corrected chi connectivity index (χ3v) is 4.91. The molecule has 1 heterocycles. The highest BCUT2D eigenvalue weighted by Gasteiger charge is 2.11. The third kappa shape index (κ3) is 3.70. The minimum atomic E-state index is 0.676. The van der Waals surface area contributed by atoms with Gasteiger partial charge in [-0.2, -0.15) is 0 Å². The smallest absolute Gasteiger partial charge is 0.178 e. The van der Waals surface area contributed by atoms with Crippen LogP contribution in [0, 0.1) is 11.8 Å². The van der Waals surface area contributed by atoms with Gasteiger partial charge in [0.2, 0.25) is 0 Å². The van der Waals surface area contributed by atoms with Gasteiger partial charge < -0.3 is 9.32 Å². The summed E-state index contributed by atoms with van der Waals surface area (Å²) in [5, 5.41) is 1.07. The van der Waals surface area contributed by atoms with E-state index in [0.29, 0.717) is 5.76 Å². The molecule has 0 saturated heterocycles. The Morgan fingerprint density at radius 3 is 1.73 bits per heavy atom. The first-order valence-electron chi connectivity index (χ1n) is 9.88. The molecule has 0 radical (unpaired) electrons. The van der Waals surface area contributed by atoms with E-state index in [1.54, 1.807) is 0 Å². The predicted octanol–water partition coefficient (Wildman–Crippen LogP) is 7.30. The standard InChI is InChI=1S/C28H19NO/c1-3-10-24(11-4-1)29(25-12-5-2-6-13-25)26-18-15-22(16-19-26)17-20-27-21-23-9-7-8-14-28(23)30-27/h1-16,18-19,21H. The molecule has 2 nitrogen and oxygen atoms in total. The Balaban J connectivity index is 1.46. The summed E-state index contributed by atoms with van der Waals surface area (Å²) in [5.41, 5.74) is 5.12. The van der Waals surface area contributed by atoms with Crippen molar-refractivity contribution in [2.24, 2.45) is 0 Å². The largest absolute Gasteiger partial charge is 0.448 e. The summed E-state index contributed by atoms with van der Waals surface area (Å²) in [7, 11) is 0. The molecular formula is C28H19NO. The van der Waals surface area contributed by atoms with Crippen LogP contribution in [0.5, 0.6) is 0 Å². The van der Waals surface area contributed by atoms with E-state index in [2.05, 4.69) is 77.4 Å². The van der Waals surface area contributed by atoms with Gasteiger partial charge in [-0.25, -0.2) is 0 Å². The molecule has 0 fully saturated rings. The summed E-state index contributed by atoms with van der Waals surface area (Å²) < 4.78 is 5.79. The molecule has 0 aliphatic carbocycles. The number of para-hydroxylation sites is 3. The van der Waals surface area contributed by atoms with Crippen LogP contribution >= 0.6 is 0 Å². The van der Waals surface area contributed by atoms with Gasteiger partial charge in [0, 0.05) is 34.1 Å². The molecule has 0 N–H and O–H groups in total. The van der Waals surface area contributed by atoms with Crippen molar-refractivity contribution in [2.75, 3.05) is 4.90 Å².